The molecule has 162 valence electrons. The number of Topliss-reactive ketones (excluding diaryl/α,β-unsaturated/α-hetero) is 1. The lowest BCUT2D eigenvalue weighted by Gasteiger charge is -2.61. The Morgan fingerprint density at radius 2 is 1.82 bits per heavy atom. The van der Waals surface area contributed by atoms with E-state index in [4.69, 9.17) is 4.74 Å². The number of hydrogen-bond donors (Lipinski definition) is 1. The van der Waals surface area contributed by atoms with Crippen molar-refractivity contribution >= 4 is 17.5 Å². The SMILES string of the molecule is CO[C@@H]1CCC23CC[C@@H](C)[C@](C)(C12)[C@H](O)C[C@@](C)(SCC(F)(F)F)C(=O)[C@@H]3C. The van der Waals surface area contributed by atoms with Gasteiger partial charge in [-0.15, -0.1) is 11.8 Å². The molecule has 1 N–H and O–H groups in total. The van der Waals surface area contributed by atoms with Crippen molar-refractivity contribution in [3.8, 4) is 0 Å². The molecule has 7 heteroatoms. The van der Waals surface area contributed by atoms with E-state index in [2.05, 4.69) is 13.8 Å². The number of rotatable bonds is 3. The number of halogens is 3. The highest BCUT2D eigenvalue weighted by molar-refractivity contribution is 8.01. The molecule has 3 nitrogen and oxygen atoms in total. The van der Waals surface area contributed by atoms with Gasteiger partial charge in [0.1, 0.15) is 0 Å². The summed E-state index contributed by atoms with van der Waals surface area (Å²) in [6.07, 6.45) is -1.69. The number of ether oxygens (including phenoxy) is 1. The predicted octanol–water partition coefficient (Wildman–Crippen LogP) is 4.86. The first-order chi connectivity index (χ1) is 12.8. The monoisotopic (exact) mass is 422 g/mol. The molecule has 0 aliphatic heterocycles. The summed E-state index contributed by atoms with van der Waals surface area (Å²) in [5.74, 6) is -1.30. The normalized spacial score (nSPS) is 49.5. The first kappa shape index (κ1) is 22.4. The fraction of sp³-hybridized carbons (Fsp3) is 0.952. The lowest BCUT2D eigenvalue weighted by molar-refractivity contribution is -0.182. The Bertz CT molecular complexity index is 627. The van der Waals surface area contributed by atoms with E-state index in [1.165, 1.54) is 0 Å². The van der Waals surface area contributed by atoms with Crippen molar-refractivity contribution in [2.45, 2.75) is 82.9 Å². The molecule has 0 amide bonds. The second kappa shape index (κ2) is 7.16. The van der Waals surface area contributed by atoms with Crippen LogP contribution in [-0.2, 0) is 9.53 Å². The number of ketones is 1. The zero-order valence-electron chi connectivity index (χ0n) is 17.4. The molecule has 3 rings (SSSR count). The lowest BCUT2D eigenvalue weighted by atomic mass is 9.45. The number of alkyl halides is 3. The van der Waals surface area contributed by atoms with E-state index in [-0.39, 0.29) is 41.5 Å². The maximum atomic E-state index is 13.6. The van der Waals surface area contributed by atoms with Gasteiger partial charge in [-0.3, -0.25) is 4.79 Å². The number of hydrogen-bond acceptors (Lipinski definition) is 4. The number of carbonyl (C=O) groups excluding carboxylic acids is 1. The molecule has 2 bridgehead atoms. The molecule has 3 fully saturated rings. The van der Waals surface area contributed by atoms with Crippen LogP contribution in [0.4, 0.5) is 13.2 Å². The molecule has 0 saturated heterocycles. The van der Waals surface area contributed by atoms with Crippen LogP contribution in [-0.4, -0.2) is 46.9 Å². The van der Waals surface area contributed by atoms with Crippen molar-refractivity contribution in [3.05, 3.63) is 0 Å². The van der Waals surface area contributed by atoms with Gasteiger partial charge in [-0.1, -0.05) is 20.8 Å². The molecule has 8 atom stereocenters. The zero-order valence-corrected chi connectivity index (χ0v) is 18.3. The third kappa shape index (κ3) is 3.24. The van der Waals surface area contributed by atoms with E-state index in [0.29, 0.717) is 11.8 Å². The molecular weight excluding hydrogens is 389 g/mol. The highest BCUT2D eigenvalue weighted by Gasteiger charge is 2.67. The van der Waals surface area contributed by atoms with E-state index in [1.807, 2.05) is 6.92 Å². The summed E-state index contributed by atoms with van der Waals surface area (Å²) in [4.78, 5) is 13.6. The van der Waals surface area contributed by atoms with Crippen LogP contribution < -0.4 is 0 Å². The number of methoxy groups -OCH3 is 1. The number of thioether (sulfide) groups is 1. The number of carbonyl (C=O) groups is 1. The van der Waals surface area contributed by atoms with Gasteiger partial charge < -0.3 is 9.84 Å². The summed E-state index contributed by atoms with van der Waals surface area (Å²) in [5, 5.41) is 11.4. The third-order valence-corrected chi connectivity index (χ3v) is 10.1. The second-order valence-corrected chi connectivity index (χ2v) is 11.2. The van der Waals surface area contributed by atoms with Crippen molar-refractivity contribution in [1.29, 1.82) is 0 Å². The molecular formula is C21H33F3O3S. The molecule has 0 aromatic heterocycles. The van der Waals surface area contributed by atoms with E-state index in [1.54, 1.807) is 14.0 Å². The fourth-order valence-corrected chi connectivity index (χ4v) is 7.86. The lowest BCUT2D eigenvalue weighted by Crippen LogP contribution is -2.63. The average Bonchev–Trinajstić information content (AvgIpc) is 3.01. The summed E-state index contributed by atoms with van der Waals surface area (Å²) < 4.78 is 43.4. The zero-order chi connectivity index (χ0) is 21.1. The maximum absolute atomic E-state index is 13.6. The van der Waals surface area contributed by atoms with Gasteiger partial charge in [0.15, 0.2) is 5.78 Å². The minimum absolute atomic E-state index is 0.0233. The van der Waals surface area contributed by atoms with E-state index >= 15 is 0 Å². The van der Waals surface area contributed by atoms with Crippen LogP contribution >= 0.6 is 11.8 Å². The van der Waals surface area contributed by atoms with Gasteiger partial charge in [0.05, 0.1) is 22.7 Å². The molecule has 2 unspecified atom stereocenters. The largest absolute Gasteiger partial charge is 0.397 e. The van der Waals surface area contributed by atoms with Crippen LogP contribution in [0.15, 0.2) is 0 Å². The molecule has 0 spiro atoms. The average molecular weight is 423 g/mol. The Morgan fingerprint density at radius 3 is 2.39 bits per heavy atom. The fourth-order valence-electron chi connectivity index (χ4n) is 6.78. The number of aliphatic hydroxyl groups is 1. The summed E-state index contributed by atoms with van der Waals surface area (Å²) >= 11 is 0.655. The van der Waals surface area contributed by atoms with Gasteiger partial charge >= 0.3 is 6.18 Å². The maximum Gasteiger partial charge on any atom is 0.397 e. The van der Waals surface area contributed by atoms with Crippen LogP contribution in [0.1, 0.15) is 59.8 Å². The Kier molecular flexibility index (Phi) is 5.73. The van der Waals surface area contributed by atoms with Crippen LogP contribution in [0.3, 0.4) is 0 Å². The second-order valence-electron chi connectivity index (χ2n) is 9.77. The molecule has 0 radical (unpaired) electrons. The molecule has 3 aliphatic carbocycles. The van der Waals surface area contributed by atoms with Crippen molar-refractivity contribution in [3.63, 3.8) is 0 Å². The Hall–Kier alpha value is -0.270. The standard InChI is InChI=1S/C21H33F3O3S/c1-12-6-8-20-9-7-14(27-5)16(20)19(12,4)15(25)10-18(3,17(26)13(20)2)28-11-21(22,23)24/h12-16,25H,6-11H2,1-5H3/t12-,13+,14-,15-,16?,18-,19+,20?/m1/s1. The van der Waals surface area contributed by atoms with E-state index in [9.17, 15) is 23.1 Å². The molecule has 0 heterocycles. The van der Waals surface area contributed by atoms with Crippen LogP contribution in [0, 0.1) is 28.6 Å². The topological polar surface area (TPSA) is 46.5 Å². The van der Waals surface area contributed by atoms with Crippen LogP contribution in [0.2, 0.25) is 0 Å². The van der Waals surface area contributed by atoms with Gasteiger partial charge in [-0.25, -0.2) is 0 Å². The van der Waals surface area contributed by atoms with Gasteiger partial charge in [0.2, 0.25) is 0 Å². The van der Waals surface area contributed by atoms with Gasteiger partial charge in [-0.2, -0.15) is 13.2 Å². The Morgan fingerprint density at radius 1 is 1.21 bits per heavy atom. The third-order valence-electron chi connectivity index (χ3n) is 8.60. The first-order valence-electron chi connectivity index (χ1n) is 10.3. The Labute approximate surface area is 170 Å². The predicted molar refractivity (Wildman–Crippen MR) is 104 cm³/mol. The minimum Gasteiger partial charge on any atom is -0.392 e. The minimum atomic E-state index is -4.34. The summed E-state index contributed by atoms with van der Waals surface area (Å²) in [6, 6.07) is 0. The quantitative estimate of drug-likeness (QED) is 0.706. The number of aliphatic hydroxyl groups excluding tert-OH is 1. The van der Waals surface area contributed by atoms with Crippen LogP contribution in [0.25, 0.3) is 0 Å². The van der Waals surface area contributed by atoms with Gasteiger partial charge in [0, 0.05) is 18.4 Å². The summed E-state index contributed by atoms with van der Waals surface area (Å²) in [7, 11) is 1.69. The summed E-state index contributed by atoms with van der Waals surface area (Å²) in [5.41, 5.74) is -0.787. The van der Waals surface area contributed by atoms with Gasteiger partial charge in [0.25, 0.3) is 0 Å². The van der Waals surface area contributed by atoms with Crippen LogP contribution in [0.5, 0.6) is 0 Å². The molecule has 3 aliphatic rings. The van der Waals surface area contributed by atoms with Crippen molar-refractivity contribution in [2.75, 3.05) is 12.9 Å². The highest BCUT2D eigenvalue weighted by Crippen LogP contribution is 2.68. The van der Waals surface area contributed by atoms with Gasteiger partial charge in [-0.05, 0) is 56.3 Å². The molecule has 28 heavy (non-hydrogen) atoms. The van der Waals surface area contributed by atoms with E-state index < -0.39 is 28.2 Å². The molecule has 3 saturated carbocycles. The molecule has 0 aromatic carbocycles. The van der Waals surface area contributed by atoms with Crippen molar-refractivity contribution in [1.82, 2.24) is 0 Å². The highest BCUT2D eigenvalue weighted by atomic mass is 32.2. The van der Waals surface area contributed by atoms with E-state index in [0.717, 1.165) is 25.7 Å². The first-order valence-corrected chi connectivity index (χ1v) is 11.3. The Balaban J connectivity index is 2.08. The van der Waals surface area contributed by atoms with Crippen molar-refractivity contribution in [2.24, 2.45) is 28.6 Å². The smallest absolute Gasteiger partial charge is 0.392 e. The van der Waals surface area contributed by atoms with Crippen molar-refractivity contribution < 1.29 is 27.8 Å². The summed E-state index contributed by atoms with van der Waals surface area (Å²) in [6.45, 7) is 7.73. The molecule has 0 aromatic rings.